The molecule has 1 nitrogen and oxygen atoms in total. The van der Waals surface area contributed by atoms with Crippen molar-refractivity contribution < 1.29 is 0 Å². The van der Waals surface area contributed by atoms with Crippen LogP contribution in [0.1, 0.15) is 25.0 Å². The minimum absolute atomic E-state index is 0.0433. The second-order valence-electron chi connectivity index (χ2n) is 15.4. The molecule has 1 heterocycles. The maximum Gasteiger partial charge on any atom is 0.0468 e. The predicted octanol–water partition coefficient (Wildman–Crippen LogP) is 15.5. The zero-order chi connectivity index (χ0) is 36.7. The zero-order valence-electron chi connectivity index (χ0n) is 30.8. The third-order valence-corrected chi connectivity index (χ3v) is 13.0. The van der Waals surface area contributed by atoms with Crippen LogP contribution in [0.4, 0.5) is 17.1 Å². The van der Waals surface area contributed by atoms with Crippen LogP contribution in [-0.4, -0.2) is 0 Å². The van der Waals surface area contributed by atoms with E-state index in [9.17, 15) is 0 Å². The fourth-order valence-electron chi connectivity index (χ4n) is 9.01. The third-order valence-electron chi connectivity index (χ3n) is 11.8. The molecule has 9 aromatic carbocycles. The molecule has 0 unspecified atom stereocenters. The normalized spacial score (nSPS) is 13.1. The van der Waals surface area contributed by atoms with E-state index in [1.165, 1.54) is 86.2 Å². The van der Waals surface area contributed by atoms with Gasteiger partial charge in [0, 0.05) is 42.6 Å². The fraction of sp³-hybridized carbons (Fsp3) is 0.0566. The molecule has 0 radical (unpaired) electrons. The quantitative estimate of drug-likeness (QED) is 0.171. The summed E-state index contributed by atoms with van der Waals surface area (Å²) < 4.78 is 2.67. The molecule has 0 atom stereocenters. The first-order valence-electron chi connectivity index (χ1n) is 19.1. The van der Waals surface area contributed by atoms with Crippen LogP contribution in [0.2, 0.25) is 0 Å². The van der Waals surface area contributed by atoms with Crippen molar-refractivity contribution in [1.82, 2.24) is 0 Å². The Kier molecular flexibility index (Phi) is 7.14. The molecule has 0 fully saturated rings. The van der Waals surface area contributed by atoms with Crippen molar-refractivity contribution in [3.05, 3.63) is 199 Å². The summed E-state index contributed by atoms with van der Waals surface area (Å²) in [6.45, 7) is 4.69. The van der Waals surface area contributed by atoms with Crippen molar-refractivity contribution in [1.29, 1.82) is 0 Å². The van der Waals surface area contributed by atoms with E-state index in [1.54, 1.807) is 0 Å². The number of hydrogen-bond acceptors (Lipinski definition) is 2. The molecule has 0 spiro atoms. The maximum absolute atomic E-state index is 2.41. The van der Waals surface area contributed by atoms with Gasteiger partial charge in [0.25, 0.3) is 0 Å². The molecule has 1 aliphatic rings. The summed E-state index contributed by atoms with van der Waals surface area (Å²) in [5.41, 5.74) is 13.7. The van der Waals surface area contributed by atoms with Gasteiger partial charge >= 0.3 is 0 Å². The third kappa shape index (κ3) is 5.13. The zero-order valence-corrected chi connectivity index (χ0v) is 31.6. The molecule has 11 rings (SSSR count). The van der Waals surface area contributed by atoms with E-state index in [0.29, 0.717) is 0 Å². The Morgan fingerprint density at radius 1 is 0.364 bits per heavy atom. The number of hydrogen-bond donors (Lipinski definition) is 0. The number of anilines is 3. The lowest BCUT2D eigenvalue weighted by Gasteiger charge is -2.27. The van der Waals surface area contributed by atoms with Gasteiger partial charge in [-0.05, 0) is 127 Å². The summed E-state index contributed by atoms with van der Waals surface area (Å²) in [6.07, 6.45) is 0. The van der Waals surface area contributed by atoms with Crippen LogP contribution in [0.25, 0.3) is 75.1 Å². The minimum Gasteiger partial charge on any atom is -0.310 e. The van der Waals surface area contributed by atoms with Gasteiger partial charge in [0.1, 0.15) is 0 Å². The van der Waals surface area contributed by atoms with Crippen molar-refractivity contribution in [3.63, 3.8) is 0 Å². The Hall–Kier alpha value is -6.48. The van der Waals surface area contributed by atoms with Crippen LogP contribution in [0.5, 0.6) is 0 Å². The highest BCUT2D eigenvalue weighted by Crippen LogP contribution is 2.51. The van der Waals surface area contributed by atoms with Gasteiger partial charge in [-0.3, -0.25) is 0 Å². The molecule has 55 heavy (non-hydrogen) atoms. The Labute approximate surface area is 325 Å². The average Bonchev–Trinajstić information content (AvgIpc) is 3.71. The number of benzene rings is 9. The van der Waals surface area contributed by atoms with Crippen molar-refractivity contribution in [3.8, 4) is 33.4 Å². The molecule has 1 aromatic heterocycles. The van der Waals surface area contributed by atoms with Gasteiger partial charge in [-0.1, -0.05) is 141 Å². The lowest BCUT2D eigenvalue weighted by atomic mass is 9.82. The van der Waals surface area contributed by atoms with Crippen molar-refractivity contribution >= 4 is 70.1 Å². The highest BCUT2D eigenvalue weighted by Gasteiger charge is 2.35. The molecule has 260 valence electrons. The first kappa shape index (κ1) is 32.0. The summed E-state index contributed by atoms with van der Waals surface area (Å²) in [7, 11) is 0. The predicted molar refractivity (Wildman–Crippen MR) is 237 cm³/mol. The lowest BCUT2D eigenvalue weighted by molar-refractivity contribution is 0.660. The molecule has 0 aliphatic heterocycles. The van der Waals surface area contributed by atoms with E-state index < -0.39 is 0 Å². The second kappa shape index (κ2) is 12.3. The smallest absolute Gasteiger partial charge is 0.0468 e. The molecular weight excluding hydrogens is 683 g/mol. The van der Waals surface area contributed by atoms with Crippen molar-refractivity contribution in [2.24, 2.45) is 0 Å². The van der Waals surface area contributed by atoms with Gasteiger partial charge in [-0.2, -0.15) is 0 Å². The molecule has 0 N–H and O–H groups in total. The van der Waals surface area contributed by atoms with Crippen LogP contribution < -0.4 is 4.90 Å². The van der Waals surface area contributed by atoms with Crippen LogP contribution in [-0.2, 0) is 5.41 Å². The van der Waals surface area contributed by atoms with Gasteiger partial charge in [0.15, 0.2) is 0 Å². The van der Waals surface area contributed by atoms with Crippen molar-refractivity contribution in [2.45, 2.75) is 19.3 Å². The van der Waals surface area contributed by atoms with E-state index in [0.717, 1.165) is 17.1 Å². The highest BCUT2D eigenvalue weighted by atomic mass is 32.1. The summed E-state index contributed by atoms with van der Waals surface area (Å²) in [5.74, 6) is 0. The van der Waals surface area contributed by atoms with Gasteiger partial charge in [-0.25, -0.2) is 0 Å². The second-order valence-corrected chi connectivity index (χ2v) is 16.4. The van der Waals surface area contributed by atoms with Crippen molar-refractivity contribution in [2.75, 3.05) is 4.90 Å². The Bertz CT molecular complexity index is 3110. The minimum atomic E-state index is -0.0433. The molecule has 0 saturated carbocycles. The van der Waals surface area contributed by atoms with E-state index in [-0.39, 0.29) is 5.41 Å². The first-order chi connectivity index (χ1) is 27.0. The van der Waals surface area contributed by atoms with E-state index in [2.05, 4.69) is 207 Å². The number of rotatable bonds is 5. The Morgan fingerprint density at radius 3 is 1.84 bits per heavy atom. The first-order valence-corrected chi connectivity index (χ1v) is 19.9. The average molecular weight is 720 g/mol. The Balaban J connectivity index is 1.02. The molecule has 1 aliphatic carbocycles. The largest absolute Gasteiger partial charge is 0.310 e. The van der Waals surface area contributed by atoms with Crippen LogP contribution in [0, 0.1) is 0 Å². The van der Waals surface area contributed by atoms with Crippen LogP contribution in [0.15, 0.2) is 188 Å². The summed E-state index contributed by atoms with van der Waals surface area (Å²) in [4.78, 5) is 2.41. The summed E-state index contributed by atoms with van der Waals surface area (Å²) in [5, 5.41) is 7.75. The Morgan fingerprint density at radius 2 is 1.00 bits per heavy atom. The molecule has 0 amide bonds. The van der Waals surface area contributed by atoms with Crippen LogP contribution in [0.3, 0.4) is 0 Å². The molecule has 2 heteroatoms. The lowest BCUT2D eigenvalue weighted by Crippen LogP contribution is -2.15. The monoisotopic (exact) mass is 719 g/mol. The van der Waals surface area contributed by atoms with Crippen LogP contribution >= 0.6 is 11.3 Å². The van der Waals surface area contributed by atoms with E-state index in [4.69, 9.17) is 0 Å². The highest BCUT2D eigenvalue weighted by molar-refractivity contribution is 7.25. The van der Waals surface area contributed by atoms with Gasteiger partial charge in [-0.15, -0.1) is 11.3 Å². The van der Waals surface area contributed by atoms with Gasteiger partial charge in [0.2, 0.25) is 0 Å². The number of fused-ring (bicyclic) bond motifs is 8. The van der Waals surface area contributed by atoms with Gasteiger partial charge < -0.3 is 4.90 Å². The standard InChI is InChI=1S/C53H37NS/c1-53(2)49-16-7-5-13-44(49)47-32-42(28-29-50(47)53)54(40-24-20-35(21-25-40)38-19-18-34-10-3-4-11-37(34)30-38)41-26-22-36(23-27-41)43-15-9-12-39-31-48-45-14-6-8-17-51(45)55-52(48)33-46(39)43/h3-33H,1-2H3. The molecule has 10 aromatic rings. The molecule has 0 bridgehead atoms. The summed E-state index contributed by atoms with van der Waals surface area (Å²) >= 11 is 1.88. The maximum atomic E-state index is 2.41. The fourth-order valence-corrected chi connectivity index (χ4v) is 10.1. The topological polar surface area (TPSA) is 3.24 Å². The molecular formula is C53H37NS. The summed E-state index contributed by atoms with van der Waals surface area (Å²) in [6, 6.07) is 69.7. The number of thiophene rings is 1. The number of nitrogens with zero attached hydrogens (tertiary/aromatic N) is 1. The van der Waals surface area contributed by atoms with E-state index >= 15 is 0 Å². The SMILES string of the molecule is CC1(C)c2ccccc2-c2cc(N(c3ccc(-c4ccc5ccccc5c4)cc3)c3ccc(-c4cccc5cc6c(cc45)sc4ccccc46)cc3)ccc21. The van der Waals surface area contributed by atoms with Gasteiger partial charge in [0.05, 0.1) is 0 Å². The van der Waals surface area contributed by atoms with E-state index in [1.807, 2.05) is 11.3 Å². The molecule has 0 saturated heterocycles.